The molecule has 1 aliphatic rings. The van der Waals surface area contributed by atoms with Crippen molar-refractivity contribution in [3.63, 3.8) is 0 Å². The van der Waals surface area contributed by atoms with Gasteiger partial charge in [0.05, 0.1) is 5.56 Å². The molecule has 0 aliphatic carbocycles. The predicted octanol–water partition coefficient (Wildman–Crippen LogP) is 5.60. The van der Waals surface area contributed by atoms with Gasteiger partial charge >= 0.3 is 0 Å². The molecule has 1 N–H and O–H groups in total. The van der Waals surface area contributed by atoms with E-state index in [2.05, 4.69) is 66.7 Å². The van der Waals surface area contributed by atoms with E-state index < -0.39 is 5.60 Å². The zero-order chi connectivity index (χ0) is 17.2. The van der Waals surface area contributed by atoms with Crippen LogP contribution < -0.4 is 4.74 Å². The van der Waals surface area contributed by atoms with E-state index in [0.717, 1.165) is 28.0 Å². The number of hydrogen-bond donors (Lipinski definition) is 1. The minimum atomic E-state index is -0.413. The molecule has 23 heavy (non-hydrogen) atoms. The fraction of sp³-hybridized carbons (Fsp3) is 0.429. The van der Waals surface area contributed by atoms with Crippen LogP contribution in [0.1, 0.15) is 56.9 Å². The first-order chi connectivity index (χ1) is 10.5. The third-order valence-corrected chi connectivity index (χ3v) is 4.95. The van der Waals surface area contributed by atoms with E-state index in [0.29, 0.717) is 5.75 Å². The molecule has 2 aromatic carbocycles. The van der Waals surface area contributed by atoms with Crippen LogP contribution in [0.3, 0.4) is 0 Å². The van der Waals surface area contributed by atoms with Gasteiger partial charge in [-0.15, -0.1) is 0 Å². The van der Waals surface area contributed by atoms with E-state index in [1.807, 2.05) is 6.07 Å². The number of aromatic hydroxyl groups is 1. The summed E-state index contributed by atoms with van der Waals surface area (Å²) < 4.78 is 6.30. The highest BCUT2D eigenvalue weighted by Crippen LogP contribution is 2.51. The summed E-state index contributed by atoms with van der Waals surface area (Å²) in [6.07, 6.45) is 0. The largest absolute Gasteiger partial charge is 0.507 e. The third-order valence-electron chi connectivity index (χ3n) is 4.95. The first-order valence-corrected chi connectivity index (χ1v) is 8.20. The molecule has 0 saturated carbocycles. The van der Waals surface area contributed by atoms with Gasteiger partial charge < -0.3 is 9.84 Å². The van der Waals surface area contributed by atoms with Gasteiger partial charge in [-0.2, -0.15) is 0 Å². The van der Waals surface area contributed by atoms with Crippen molar-refractivity contribution in [2.24, 2.45) is 0 Å². The second kappa shape index (κ2) is 4.77. The molecular formula is C21H26O2. The third kappa shape index (κ3) is 2.41. The Bertz CT molecular complexity index is 792. The highest BCUT2D eigenvalue weighted by molar-refractivity contribution is 5.84. The quantitative estimate of drug-likeness (QED) is 0.686. The van der Waals surface area contributed by atoms with Gasteiger partial charge in [0.2, 0.25) is 0 Å². The van der Waals surface area contributed by atoms with Crippen molar-refractivity contribution in [3.05, 3.63) is 46.5 Å². The van der Waals surface area contributed by atoms with Gasteiger partial charge in [0.15, 0.2) is 0 Å². The Morgan fingerprint density at radius 2 is 1.65 bits per heavy atom. The summed E-state index contributed by atoms with van der Waals surface area (Å²) in [6.45, 7) is 14.8. The van der Waals surface area contributed by atoms with Gasteiger partial charge in [-0.05, 0) is 67.5 Å². The number of hydrogen-bond acceptors (Lipinski definition) is 2. The highest BCUT2D eigenvalue weighted by atomic mass is 16.5. The summed E-state index contributed by atoms with van der Waals surface area (Å²) >= 11 is 0. The molecule has 3 rings (SSSR count). The molecule has 0 saturated heterocycles. The second-order valence-electron chi connectivity index (χ2n) is 8.16. The van der Waals surface area contributed by atoms with E-state index in [1.165, 1.54) is 11.1 Å². The molecule has 0 bridgehead atoms. The van der Waals surface area contributed by atoms with Gasteiger partial charge in [-0.3, -0.25) is 0 Å². The first kappa shape index (κ1) is 15.9. The Labute approximate surface area is 139 Å². The molecule has 0 spiro atoms. The summed E-state index contributed by atoms with van der Waals surface area (Å²) in [5.74, 6) is 1.08. The second-order valence-corrected chi connectivity index (χ2v) is 8.16. The SMILES string of the molecule is Cc1ccc2c(c1C)-c1c(O)cc(C(C)(C)C)cc1OC2(C)C. The van der Waals surface area contributed by atoms with E-state index in [1.54, 1.807) is 0 Å². The highest BCUT2D eigenvalue weighted by Gasteiger charge is 2.36. The van der Waals surface area contributed by atoms with Crippen molar-refractivity contribution in [3.8, 4) is 22.6 Å². The Kier molecular flexibility index (Phi) is 3.30. The molecule has 0 unspecified atom stereocenters. The van der Waals surface area contributed by atoms with Gasteiger partial charge in [0.1, 0.15) is 17.1 Å². The summed E-state index contributed by atoms with van der Waals surface area (Å²) in [7, 11) is 0. The lowest BCUT2D eigenvalue weighted by molar-refractivity contribution is 0.105. The van der Waals surface area contributed by atoms with Crippen LogP contribution in [0.4, 0.5) is 0 Å². The standard InChI is InChI=1S/C21H26O2/c1-12-8-9-15-18(13(12)2)19-16(22)10-14(20(3,4)5)11-17(19)23-21(15,6)7/h8-11,22H,1-7H3. The summed E-state index contributed by atoms with van der Waals surface area (Å²) in [4.78, 5) is 0. The van der Waals surface area contributed by atoms with Crippen LogP contribution in [0.2, 0.25) is 0 Å². The lowest BCUT2D eigenvalue weighted by atomic mass is 9.79. The molecule has 2 heteroatoms. The Morgan fingerprint density at radius 1 is 1.00 bits per heavy atom. The molecular weight excluding hydrogens is 284 g/mol. The number of rotatable bonds is 0. The van der Waals surface area contributed by atoms with Crippen molar-refractivity contribution in [1.82, 2.24) is 0 Å². The summed E-state index contributed by atoms with van der Waals surface area (Å²) in [5, 5.41) is 10.8. The number of phenolic OH excluding ortho intramolecular Hbond substituents is 1. The van der Waals surface area contributed by atoms with Crippen molar-refractivity contribution in [1.29, 1.82) is 0 Å². The number of benzene rings is 2. The van der Waals surface area contributed by atoms with Crippen LogP contribution >= 0.6 is 0 Å². The molecule has 2 aromatic rings. The maximum absolute atomic E-state index is 10.8. The normalized spacial score (nSPS) is 15.6. The topological polar surface area (TPSA) is 29.5 Å². The monoisotopic (exact) mass is 310 g/mol. The number of aryl methyl sites for hydroxylation is 1. The zero-order valence-corrected chi connectivity index (χ0v) is 15.2. The molecule has 0 aromatic heterocycles. The van der Waals surface area contributed by atoms with Crippen molar-refractivity contribution in [2.45, 2.75) is 59.5 Å². The van der Waals surface area contributed by atoms with Crippen LogP contribution in [0.15, 0.2) is 24.3 Å². The Hall–Kier alpha value is -1.96. The maximum atomic E-state index is 10.8. The number of fused-ring (bicyclic) bond motifs is 3. The summed E-state index contributed by atoms with van der Waals surface area (Å²) in [6, 6.07) is 8.22. The van der Waals surface area contributed by atoms with Gasteiger partial charge in [0, 0.05) is 5.56 Å². The van der Waals surface area contributed by atoms with E-state index >= 15 is 0 Å². The van der Waals surface area contributed by atoms with E-state index in [4.69, 9.17) is 4.74 Å². The summed E-state index contributed by atoms with van der Waals surface area (Å²) in [5.41, 5.74) is 6.14. The van der Waals surface area contributed by atoms with E-state index in [-0.39, 0.29) is 5.41 Å². The number of ether oxygens (including phenoxy) is 1. The van der Waals surface area contributed by atoms with Gasteiger partial charge in [-0.25, -0.2) is 0 Å². The van der Waals surface area contributed by atoms with Crippen molar-refractivity contribution >= 4 is 0 Å². The average molecular weight is 310 g/mol. The molecule has 0 radical (unpaired) electrons. The van der Waals surface area contributed by atoms with Crippen LogP contribution in [0, 0.1) is 13.8 Å². The first-order valence-electron chi connectivity index (χ1n) is 8.20. The fourth-order valence-corrected chi connectivity index (χ4v) is 3.34. The lowest BCUT2D eigenvalue weighted by Crippen LogP contribution is -2.30. The maximum Gasteiger partial charge on any atom is 0.132 e. The molecule has 0 fully saturated rings. The van der Waals surface area contributed by atoms with Crippen molar-refractivity contribution in [2.75, 3.05) is 0 Å². The molecule has 2 nitrogen and oxygen atoms in total. The Morgan fingerprint density at radius 3 is 2.26 bits per heavy atom. The lowest BCUT2D eigenvalue weighted by Gasteiger charge is -2.37. The van der Waals surface area contributed by atoms with Gasteiger partial charge in [0.25, 0.3) is 0 Å². The fourth-order valence-electron chi connectivity index (χ4n) is 3.34. The van der Waals surface area contributed by atoms with Crippen LogP contribution in [0.25, 0.3) is 11.1 Å². The average Bonchev–Trinajstić information content (AvgIpc) is 2.40. The molecule has 1 heterocycles. The van der Waals surface area contributed by atoms with Crippen LogP contribution in [-0.2, 0) is 11.0 Å². The minimum Gasteiger partial charge on any atom is -0.507 e. The van der Waals surface area contributed by atoms with Gasteiger partial charge in [-0.1, -0.05) is 32.9 Å². The molecule has 0 amide bonds. The predicted molar refractivity (Wildman–Crippen MR) is 95.4 cm³/mol. The molecule has 0 atom stereocenters. The molecule has 1 aliphatic heterocycles. The molecule has 122 valence electrons. The van der Waals surface area contributed by atoms with Crippen LogP contribution in [-0.4, -0.2) is 5.11 Å². The number of phenols is 1. The van der Waals surface area contributed by atoms with Crippen LogP contribution in [0.5, 0.6) is 11.5 Å². The van der Waals surface area contributed by atoms with E-state index in [9.17, 15) is 5.11 Å². The minimum absolute atomic E-state index is 0.0397. The zero-order valence-electron chi connectivity index (χ0n) is 15.2. The smallest absolute Gasteiger partial charge is 0.132 e. The van der Waals surface area contributed by atoms with Crippen molar-refractivity contribution < 1.29 is 9.84 Å². The Balaban J connectivity index is 2.38.